The summed E-state index contributed by atoms with van der Waals surface area (Å²) in [4.78, 5) is 25.0. The van der Waals surface area contributed by atoms with Crippen LogP contribution in [0, 0.1) is 6.92 Å². The Morgan fingerprint density at radius 1 is 1.14 bits per heavy atom. The minimum absolute atomic E-state index is 0.138. The van der Waals surface area contributed by atoms with Gasteiger partial charge in [-0.15, -0.1) is 0 Å². The van der Waals surface area contributed by atoms with Crippen molar-refractivity contribution in [2.75, 3.05) is 6.54 Å². The van der Waals surface area contributed by atoms with Crippen LogP contribution in [0.15, 0.2) is 58.3 Å². The Balaban J connectivity index is 2.16. The summed E-state index contributed by atoms with van der Waals surface area (Å²) < 4.78 is 0. The van der Waals surface area contributed by atoms with E-state index in [0.717, 1.165) is 15.4 Å². The molecule has 0 fully saturated rings. The van der Waals surface area contributed by atoms with Crippen LogP contribution in [0.3, 0.4) is 0 Å². The molecule has 2 aromatic rings. The highest BCUT2D eigenvalue weighted by Gasteiger charge is 2.12. The van der Waals surface area contributed by atoms with E-state index in [1.807, 2.05) is 49.4 Å². The summed E-state index contributed by atoms with van der Waals surface area (Å²) in [5.41, 5.74) is 6.77. The summed E-state index contributed by atoms with van der Waals surface area (Å²) in [5, 5.41) is 2.72. The van der Waals surface area contributed by atoms with Gasteiger partial charge in [-0.3, -0.25) is 9.59 Å². The molecular weight excluding hydrogens is 296 g/mol. The van der Waals surface area contributed by atoms with Crippen LogP contribution in [-0.4, -0.2) is 18.4 Å². The van der Waals surface area contributed by atoms with E-state index < -0.39 is 5.91 Å². The number of nitrogens with one attached hydrogen (secondary N) is 1. The number of primary amides is 1. The number of carbonyl (C=O) groups is 2. The quantitative estimate of drug-likeness (QED) is 0.861. The largest absolute Gasteiger partial charge is 0.370 e. The molecule has 0 aliphatic rings. The smallest absolute Gasteiger partial charge is 0.252 e. The van der Waals surface area contributed by atoms with Gasteiger partial charge in [0.05, 0.1) is 5.56 Å². The van der Waals surface area contributed by atoms with Crippen molar-refractivity contribution in [2.24, 2.45) is 5.73 Å². The molecule has 2 aromatic carbocycles. The van der Waals surface area contributed by atoms with E-state index in [4.69, 9.17) is 5.73 Å². The van der Waals surface area contributed by atoms with Crippen molar-refractivity contribution in [1.82, 2.24) is 5.32 Å². The number of amides is 2. The van der Waals surface area contributed by atoms with Gasteiger partial charge in [0.1, 0.15) is 0 Å². The molecule has 3 N–H and O–H groups in total. The zero-order valence-corrected chi connectivity index (χ0v) is 13.2. The van der Waals surface area contributed by atoms with Crippen molar-refractivity contribution in [2.45, 2.75) is 23.1 Å². The van der Waals surface area contributed by atoms with Crippen molar-refractivity contribution < 1.29 is 9.59 Å². The fourth-order valence-corrected chi connectivity index (χ4v) is 2.97. The van der Waals surface area contributed by atoms with Crippen LogP contribution >= 0.6 is 11.8 Å². The van der Waals surface area contributed by atoms with Crippen molar-refractivity contribution >= 4 is 23.6 Å². The minimum atomic E-state index is -0.428. The maximum atomic E-state index is 12.3. The summed E-state index contributed by atoms with van der Waals surface area (Å²) in [6.07, 6.45) is 0.138. The standard InChI is InChI=1S/C17H18N2O2S/c1-12-7-8-14(17(21)19-10-9-16(18)20)15(11-12)22-13-5-3-2-4-6-13/h2-8,11H,9-10H2,1H3,(H2,18,20)(H,19,21). The number of aryl methyl sites for hydroxylation is 1. The van der Waals surface area contributed by atoms with E-state index in [0.29, 0.717) is 5.56 Å². The number of nitrogens with two attached hydrogens (primary N) is 1. The van der Waals surface area contributed by atoms with Gasteiger partial charge in [0.25, 0.3) is 5.91 Å². The average molecular weight is 314 g/mol. The maximum absolute atomic E-state index is 12.3. The molecule has 0 radical (unpaired) electrons. The third kappa shape index (κ3) is 4.63. The molecule has 2 rings (SSSR count). The number of carbonyl (C=O) groups excluding carboxylic acids is 2. The monoisotopic (exact) mass is 314 g/mol. The van der Waals surface area contributed by atoms with E-state index in [-0.39, 0.29) is 18.9 Å². The molecule has 4 nitrogen and oxygen atoms in total. The molecule has 0 aliphatic heterocycles. The lowest BCUT2D eigenvalue weighted by molar-refractivity contribution is -0.117. The lowest BCUT2D eigenvalue weighted by Crippen LogP contribution is -2.28. The Hall–Kier alpha value is -2.27. The highest BCUT2D eigenvalue weighted by atomic mass is 32.2. The molecule has 0 atom stereocenters. The molecule has 0 unspecified atom stereocenters. The zero-order valence-electron chi connectivity index (χ0n) is 12.3. The van der Waals surface area contributed by atoms with Gasteiger partial charge >= 0.3 is 0 Å². The summed E-state index contributed by atoms with van der Waals surface area (Å²) in [5.74, 6) is -0.622. The molecular formula is C17H18N2O2S. The van der Waals surface area contributed by atoms with Gasteiger partial charge in [0, 0.05) is 22.8 Å². The van der Waals surface area contributed by atoms with Crippen LogP contribution in [0.1, 0.15) is 22.3 Å². The molecule has 0 aromatic heterocycles. The van der Waals surface area contributed by atoms with E-state index in [9.17, 15) is 9.59 Å². The predicted molar refractivity (Wildman–Crippen MR) is 87.9 cm³/mol. The third-order valence-corrected chi connectivity index (χ3v) is 4.08. The van der Waals surface area contributed by atoms with E-state index >= 15 is 0 Å². The van der Waals surface area contributed by atoms with Crippen molar-refractivity contribution in [3.05, 3.63) is 59.7 Å². The van der Waals surface area contributed by atoms with Crippen LogP contribution in [0.2, 0.25) is 0 Å². The Kier molecular flexibility index (Phi) is 5.61. The molecule has 0 aliphatic carbocycles. The number of rotatable bonds is 6. The SMILES string of the molecule is Cc1ccc(C(=O)NCCC(N)=O)c(Sc2ccccc2)c1. The highest BCUT2D eigenvalue weighted by molar-refractivity contribution is 7.99. The number of hydrogen-bond acceptors (Lipinski definition) is 3. The molecule has 2 amide bonds. The van der Waals surface area contributed by atoms with Crippen LogP contribution in [0.25, 0.3) is 0 Å². The van der Waals surface area contributed by atoms with Crippen LogP contribution in [0.4, 0.5) is 0 Å². The van der Waals surface area contributed by atoms with Gasteiger partial charge < -0.3 is 11.1 Å². The van der Waals surface area contributed by atoms with Gasteiger partial charge in [-0.2, -0.15) is 0 Å². The molecule has 0 spiro atoms. The van der Waals surface area contributed by atoms with Gasteiger partial charge in [0.2, 0.25) is 5.91 Å². The Morgan fingerprint density at radius 3 is 2.55 bits per heavy atom. The fraction of sp³-hybridized carbons (Fsp3) is 0.176. The van der Waals surface area contributed by atoms with Crippen molar-refractivity contribution in [3.63, 3.8) is 0 Å². The first-order chi connectivity index (χ1) is 10.6. The third-order valence-electron chi connectivity index (χ3n) is 3.01. The normalized spacial score (nSPS) is 10.2. The average Bonchev–Trinajstić information content (AvgIpc) is 2.48. The summed E-state index contributed by atoms with van der Waals surface area (Å²) >= 11 is 1.54. The molecule has 0 saturated carbocycles. The summed E-state index contributed by atoms with van der Waals surface area (Å²) in [6, 6.07) is 15.6. The summed E-state index contributed by atoms with van der Waals surface area (Å²) in [7, 11) is 0. The lowest BCUT2D eigenvalue weighted by atomic mass is 10.1. The molecule has 0 saturated heterocycles. The van der Waals surface area contributed by atoms with E-state index in [2.05, 4.69) is 5.32 Å². The second-order valence-electron chi connectivity index (χ2n) is 4.89. The van der Waals surface area contributed by atoms with Gasteiger partial charge in [-0.05, 0) is 36.8 Å². The maximum Gasteiger partial charge on any atom is 0.252 e. The molecule has 0 bridgehead atoms. The van der Waals surface area contributed by atoms with Gasteiger partial charge in [-0.1, -0.05) is 36.0 Å². The Morgan fingerprint density at radius 2 is 1.86 bits per heavy atom. The molecule has 22 heavy (non-hydrogen) atoms. The van der Waals surface area contributed by atoms with Crippen LogP contribution < -0.4 is 11.1 Å². The number of benzene rings is 2. The zero-order chi connectivity index (χ0) is 15.9. The van der Waals surface area contributed by atoms with E-state index in [1.165, 1.54) is 0 Å². The highest BCUT2D eigenvalue weighted by Crippen LogP contribution is 2.31. The lowest BCUT2D eigenvalue weighted by Gasteiger charge is -2.10. The Bertz CT molecular complexity index is 672. The Labute approximate surface area is 134 Å². The van der Waals surface area contributed by atoms with Gasteiger partial charge in [-0.25, -0.2) is 0 Å². The fourth-order valence-electron chi connectivity index (χ4n) is 1.91. The van der Waals surface area contributed by atoms with Crippen LogP contribution in [0.5, 0.6) is 0 Å². The molecule has 5 heteroatoms. The predicted octanol–water partition coefficient (Wildman–Crippen LogP) is 2.75. The minimum Gasteiger partial charge on any atom is -0.370 e. The topological polar surface area (TPSA) is 72.2 Å². The van der Waals surface area contributed by atoms with Crippen molar-refractivity contribution in [3.8, 4) is 0 Å². The second kappa shape index (κ2) is 7.66. The van der Waals surface area contributed by atoms with E-state index in [1.54, 1.807) is 17.8 Å². The van der Waals surface area contributed by atoms with Crippen LogP contribution in [-0.2, 0) is 4.79 Å². The first-order valence-corrected chi connectivity index (χ1v) is 7.78. The number of hydrogen-bond donors (Lipinski definition) is 2. The first-order valence-electron chi connectivity index (χ1n) is 6.96. The second-order valence-corrected chi connectivity index (χ2v) is 6.00. The molecule has 114 valence electrons. The van der Waals surface area contributed by atoms with Crippen molar-refractivity contribution in [1.29, 1.82) is 0 Å². The molecule has 0 heterocycles. The first kappa shape index (κ1) is 16.1. The summed E-state index contributed by atoms with van der Waals surface area (Å²) in [6.45, 7) is 2.24. The van der Waals surface area contributed by atoms with Gasteiger partial charge in [0.15, 0.2) is 0 Å².